The van der Waals surface area contributed by atoms with Crippen molar-refractivity contribution in [1.29, 1.82) is 0 Å². The van der Waals surface area contributed by atoms with Crippen molar-refractivity contribution in [3.8, 4) is 0 Å². The van der Waals surface area contributed by atoms with Gasteiger partial charge in [0.25, 0.3) is 5.56 Å². The van der Waals surface area contributed by atoms with Crippen LogP contribution in [-0.2, 0) is 9.84 Å². The highest BCUT2D eigenvalue weighted by Gasteiger charge is 2.39. The van der Waals surface area contributed by atoms with E-state index in [1.165, 1.54) is 6.33 Å². The Morgan fingerprint density at radius 2 is 2.23 bits per heavy atom. The molecule has 0 bridgehead atoms. The van der Waals surface area contributed by atoms with E-state index in [2.05, 4.69) is 30.6 Å². The number of H-pyrrole nitrogens is 2. The van der Waals surface area contributed by atoms with Crippen molar-refractivity contribution >= 4 is 33.0 Å². The van der Waals surface area contributed by atoms with Crippen molar-refractivity contribution in [2.75, 3.05) is 16.8 Å². The molecular weight excluding hydrogens is 312 g/mol. The molecule has 11 heteroatoms. The second kappa shape index (κ2) is 4.80. The van der Waals surface area contributed by atoms with Crippen LogP contribution < -0.4 is 16.2 Å². The zero-order valence-corrected chi connectivity index (χ0v) is 12.5. The maximum absolute atomic E-state index is 12.0. The molecular formula is C11H14N6O4S. The fourth-order valence-corrected chi connectivity index (χ4v) is 4.52. The molecule has 3 rings (SSSR count). The van der Waals surface area contributed by atoms with E-state index < -0.39 is 27.0 Å². The smallest absolute Gasteiger partial charge is 0.322 e. The Balaban J connectivity index is 1.75. The standard InChI is InChI=1S/C11H14N6O4S/c1-11(2-3-22(20,21)4-11)17-10(19)16-9-14-7-6(8(18)15-9)12-5-13-7/h5H,2-4H2,1H3,(H4,12,13,14,15,16,17,18,19)/t11-/m0/s1. The second-order valence-corrected chi connectivity index (χ2v) is 7.68. The van der Waals surface area contributed by atoms with Gasteiger partial charge in [0, 0.05) is 0 Å². The lowest BCUT2D eigenvalue weighted by Gasteiger charge is -2.23. The topological polar surface area (TPSA) is 150 Å². The lowest BCUT2D eigenvalue weighted by Crippen LogP contribution is -2.49. The zero-order chi connectivity index (χ0) is 16.0. The van der Waals surface area contributed by atoms with E-state index >= 15 is 0 Å². The fraction of sp³-hybridized carbons (Fsp3) is 0.455. The van der Waals surface area contributed by atoms with Crippen molar-refractivity contribution in [1.82, 2.24) is 25.3 Å². The predicted molar refractivity (Wildman–Crippen MR) is 78.3 cm³/mol. The van der Waals surface area contributed by atoms with Gasteiger partial charge in [0.1, 0.15) is 0 Å². The van der Waals surface area contributed by atoms with Crippen LogP contribution in [0, 0.1) is 0 Å². The summed E-state index contributed by atoms with van der Waals surface area (Å²) in [4.78, 5) is 36.5. The molecule has 0 saturated carbocycles. The van der Waals surface area contributed by atoms with Gasteiger partial charge in [-0.05, 0) is 13.3 Å². The molecule has 22 heavy (non-hydrogen) atoms. The van der Waals surface area contributed by atoms with Gasteiger partial charge >= 0.3 is 6.03 Å². The van der Waals surface area contributed by atoms with Crippen molar-refractivity contribution in [2.24, 2.45) is 0 Å². The third-order valence-corrected chi connectivity index (χ3v) is 5.35. The van der Waals surface area contributed by atoms with Crippen LogP contribution >= 0.6 is 0 Å². The van der Waals surface area contributed by atoms with Gasteiger partial charge in [-0.1, -0.05) is 0 Å². The van der Waals surface area contributed by atoms with Gasteiger partial charge in [0.2, 0.25) is 5.95 Å². The average molecular weight is 326 g/mol. The van der Waals surface area contributed by atoms with Crippen LogP contribution in [0.3, 0.4) is 0 Å². The number of aromatic amines is 2. The zero-order valence-electron chi connectivity index (χ0n) is 11.6. The Morgan fingerprint density at radius 3 is 2.91 bits per heavy atom. The number of nitrogens with zero attached hydrogens (tertiary/aromatic N) is 2. The first kappa shape index (κ1) is 14.5. The lowest BCUT2D eigenvalue weighted by atomic mass is 10.0. The van der Waals surface area contributed by atoms with Crippen molar-refractivity contribution in [2.45, 2.75) is 18.9 Å². The number of fused-ring (bicyclic) bond motifs is 1. The van der Waals surface area contributed by atoms with Gasteiger partial charge in [0.15, 0.2) is 21.0 Å². The molecule has 118 valence electrons. The number of rotatable bonds is 2. The highest BCUT2D eigenvalue weighted by molar-refractivity contribution is 7.91. The molecule has 0 radical (unpaired) electrons. The summed E-state index contributed by atoms with van der Waals surface area (Å²) in [6, 6.07) is -0.641. The first-order valence-electron chi connectivity index (χ1n) is 6.49. The van der Waals surface area contributed by atoms with E-state index in [9.17, 15) is 18.0 Å². The first-order chi connectivity index (χ1) is 10.3. The van der Waals surface area contributed by atoms with E-state index in [0.717, 1.165) is 0 Å². The van der Waals surface area contributed by atoms with Crippen LogP contribution in [0.25, 0.3) is 11.2 Å². The molecule has 0 aromatic carbocycles. The summed E-state index contributed by atoms with van der Waals surface area (Å²) >= 11 is 0. The molecule has 1 fully saturated rings. The number of hydrogen-bond donors (Lipinski definition) is 4. The minimum atomic E-state index is -3.13. The summed E-state index contributed by atoms with van der Waals surface area (Å²) in [5, 5.41) is 4.98. The SMILES string of the molecule is C[C@]1(NC(=O)Nc2nc3nc[nH]c3c(=O)[nH]2)CCS(=O)(=O)C1. The van der Waals surface area contributed by atoms with Gasteiger partial charge in [-0.15, -0.1) is 0 Å². The molecule has 2 amide bonds. The van der Waals surface area contributed by atoms with Crippen LogP contribution in [-0.4, -0.2) is 51.4 Å². The quantitative estimate of drug-likeness (QED) is 0.575. The summed E-state index contributed by atoms with van der Waals surface area (Å²) in [6.07, 6.45) is 1.66. The number of sulfone groups is 1. The second-order valence-electron chi connectivity index (χ2n) is 5.50. The molecule has 0 aliphatic carbocycles. The fourth-order valence-electron chi connectivity index (χ4n) is 2.42. The van der Waals surface area contributed by atoms with E-state index in [1.54, 1.807) is 6.92 Å². The number of imidazole rings is 1. The maximum atomic E-state index is 12.0. The highest BCUT2D eigenvalue weighted by atomic mass is 32.2. The van der Waals surface area contributed by atoms with Crippen molar-refractivity contribution in [3.63, 3.8) is 0 Å². The molecule has 1 saturated heterocycles. The number of hydrogen-bond acceptors (Lipinski definition) is 6. The summed E-state index contributed by atoms with van der Waals surface area (Å²) in [5.74, 6) is -0.139. The van der Waals surface area contributed by atoms with Crippen LogP contribution in [0.15, 0.2) is 11.1 Å². The molecule has 2 aromatic heterocycles. The van der Waals surface area contributed by atoms with Gasteiger partial charge in [-0.25, -0.2) is 18.2 Å². The van der Waals surface area contributed by atoms with Gasteiger partial charge in [-0.3, -0.25) is 15.1 Å². The third kappa shape index (κ3) is 2.79. The van der Waals surface area contributed by atoms with Crippen LogP contribution in [0.2, 0.25) is 0 Å². The van der Waals surface area contributed by atoms with Crippen LogP contribution in [0.4, 0.5) is 10.7 Å². The van der Waals surface area contributed by atoms with Gasteiger partial charge < -0.3 is 10.3 Å². The number of amides is 2. The van der Waals surface area contributed by atoms with Crippen molar-refractivity contribution in [3.05, 3.63) is 16.7 Å². The molecule has 1 aliphatic rings. The molecule has 0 unspecified atom stereocenters. The predicted octanol–water partition coefficient (Wildman–Crippen LogP) is -0.655. The number of carbonyl (C=O) groups excluding carboxylic acids is 1. The van der Waals surface area contributed by atoms with E-state index in [4.69, 9.17) is 0 Å². The minimum absolute atomic E-state index is 0.0398. The van der Waals surface area contributed by atoms with Crippen LogP contribution in [0.5, 0.6) is 0 Å². The van der Waals surface area contributed by atoms with Crippen LogP contribution in [0.1, 0.15) is 13.3 Å². The van der Waals surface area contributed by atoms with E-state index in [1.807, 2.05) is 0 Å². The summed E-state index contributed by atoms with van der Waals surface area (Å²) in [5.41, 5.74) is -0.916. The minimum Gasteiger partial charge on any atom is -0.339 e. The largest absolute Gasteiger partial charge is 0.339 e. The van der Waals surface area contributed by atoms with Crippen molar-refractivity contribution < 1.29 is 13.2 Å². The first-order valence-corrected chi connectivity index (χ1v) is 8.32. The molecule has 1 atom stereocenters. The number of aromatic nitrogens is 4. The van der Waals surface area contributed by atoms with E-state index in [0.29, 0.717) is 6.42 Å². The summed E-state index contributed by atoms with van der Waals surface area (Å²) < 4.78 is 23.0. The summed E-state index contributed by atoms with van der Waals surface area (Å²) in [7, 11) is -3.13. The molecule has 4 N–H and O–H groups in total. The maximum Gasteiger partial charge on any atom is 0.322 e. The van der Waals surface area contributed by atoms with Gasteiger partial charge in [0.05, 0.1) is 23.4 Å². The lowest BCUT2D eigenvalue weighted by molar-refractivity contribution is 0.242. The Hall–Kier alpha value is -2.43. The molecule has 0 spiro atoms. The molecule has 3 heterocycles. The Kier molecular flexibility index (Phi) is 3.16. The highest BCUT2D eigenvalue weighted by Crippen LogP contribution is 2.22. The number of urea groups is 1. The Labute approximate surface area is 124 Å². The molecule has 10 nitrogen and oxygen atoms in total. The number of carbonyl (C=O) groups is 1. The number of nitrogens with one attached hydrogen (secondary N) is 4. The Morgan fingerprint density at radius 1 is 1.45 bits per heavy atom. The number of anilines is 1. The molecule has 2 aromatic rings. The van der Waals surface area contributed by atoms with E-state index in [-0.39, 0.29) is 28.6 Å². The third-order valence-electron chi connectivity index (χ3n) is 3.45. The normalized spacial score (nSPS) is 23.5. The molecule has 1 aliphatic heterocycles. The monoisotopic (exact) mass is 326 g/mol. The van der Waals surface area contributed by atoms with Gasteiger partial charge in [-0.2, -0.15) is 4.98 Å². The Bertz CT molecular complexity index is 901. The summed E-state index contributed by atoms with van der Waals surface area (Å²) in [6.45, 7) is 1.66. The average Bonchev–Trinajstić information content (AvgIpc) is 2.93.